The quantitative estimate of drug-likeness (QED) is 0.578. The van der Waals surface area contributed by atoms with E-state index in [9.17, 15) is 9.59 Å². The van der Waals surface area contributed by atoms with Gasteiger partial charge in [-0.1, -0.05) is 30.3 Å². The normalized spacial score (nSPS) is 16.3. The fourth-order valence-electron chi connectivity index (χ4n) is 3.89. The van der Waals surface area contributed by atoms with Crippen LogP contribution in [0, 0.1) is 0 Å². The molecule has 8 heteroatoms. The second-order valence-corrected chi connectivity index (χ2v) is 8.92. The van der Waals surface area contributed by atoms with Crippen molar-refractivity contribution < 1.29 is 9.59 Å². The van der Waals surface area contributed by atoms with Gasteiger partial charge < -0.3 is 14.7 Å². The molecule has 0 spiro atoms. The van der Waals surface area contributed by atoms with Crippen LogP contribution in [0.25, 0.3) is 10.4 Å². The Morgan fingerprint density at radius 3 is 2.44 bits per heavy atom. The summed E-state index contributed by atoms with van der Waals surface area (Å²) in [5.74, 6) is 0.315. The summed E-state index contributed by atoms with van der Waals surface area (Å²) in [4.78, 5) is 41.5. The summed E-state index contributed by atoms with van der Waals surface area (Å²) < 4.78 is 0. The maximum atomic E-state index is 13.3. The molecule has 1 saturated heterocycles. The molecule has 1 atom stereocenters. The Hall–Kier alpha value is -3.26. The highest BCUT2D eigenvalue weighted by Gasteiger charge is 2.37. The van der Waals surface area contributed by atoms with E-state index >= 15 is 0 Å². The van der Waals surface area contributed by atoms with Gasteiger partial charge in [0.15, 0.2) is 0 Å². The van der Waals surface area contributed by atoms with Crippen LogP contribution in [0.2, 0.25) is 0 Å². The lowest BCUT2D eigenvalue weighted by Crippen LogP contribution is -2.59. The number of nitrogens with zero attached hydrogens (tertiary/aromatic N) is 5. The zero-order chi connectivity index (χ0) is 22.7. The number of amides is 2. The van der Waals surface area contributed by atoms with Crippen LogP contribution in [0.3, 0.4) is 0 Å². The summed E-state index contributed by atoms with van der Waals surface area (Å²) in [5, 5.41) is 2.06. The van der Waals surface area contributed by atoms with E-state index in [1.165, 1.54) is 17.3 Å². The fraction of sp³-hybridized carbons (Fsp3) is 0.333. The number of likely N-dealkylation sites (N-methyl/N-ethyl adjacent to an activating group) is 1. The summed E-state index contributed by atoms with van der Waals surface area (Å²) in [6, 6.07) is 11.8. The zero-order valence-corrected chi connectivity index (χ0v) is 19.4. The van der Waals surface area contributed by atoms with Crippen LogP contribution in [0.1, 0.15) is 22.8 Å². The molecule has 1 fully saturated rings. The average molecular weight is 450 g/mol. The number of carbonyl (C=O) groups is 2. The first-order chi connectivity index (χ1) is 15.5. The van der Waals surface area contributed by atoms with Gasteiger partial charge in [-0.3, -0.25) is 9.59 Å². The molecule has 7 nitrogen and oxygen atoms in total. The van der Waals surface area contributed by atoms with Gasteiger partial charge in [-0.15, -0.1) is 11.3 Å². The largest absolute Gasteiger partial charge is 0.347 e. The van der Waals surface area contributed by atoms with Gasteiger partial charge in [0, 0.05) is 57.4 Å². The molecule has 1 aliphatic heterocycles. The number of benzene rings is 1. The van der Waals surface area contributed by atoms with E-state index in [-0.39, 0.29) is 11.8 Å². The van der Waals surface area contributed by atoms with Crippen LogP contribution < -0.4 is 4.90 Å². The minimum atomic E-state index is -0.544. The van der Waals surface area contributed by atoms with Gasteiger partial charge in [-0.2, -0.15) is 0 Å². The third-order valence-electron chi connectivity index (χ3n) is 5.70. The van der Waals surface area contributed by atoms with Gasteiger partial charge in [0.1, 0.15) is 6.04 Å². The number of hydrogen-bond donors (Lipinski definition) is 0. The van der Waals surface area contributed by atoms with E-state index in [0.29, 0.717) is 37.6 Å². The standard InChI is InChI=1S/C24H27N5O2S/c1-4-28-11-12-29(22(30)19-15-25-24(26-16-19)27(2)3)20(23(28)31)14-17-7-9-18(10-8-17)21-6-5-13-32-21/h5-10,13,15-16,20H,4,11-12,14H2,1-3H3. The molecule has 2 amide bonds. The average Bonchev–Trinajstić information content (AvgIpc) is 3.35. The number of hydrogen-bond acceptors (Lipinski definition) is 6. The van der Waals surface area contributed by atoms with Crippen LogP contribution in [-0.4, -0.2) is 71.4 Å². The molecule has 0 N–H and O–H groups in total. The molecule has 2 aromatic heterocycles. The van der Waals surface area contributed by atoms with E-state index < -0.39 is 6.04 Å². The highest BCUT2D eigenvalue weighted by molar-refractivity contribution is 7.13. The monoisotopic (exact) mass is 449 g/mol. The lowest BCUT2D eigenvalue weighted by atomic mass is 9.99. The first-order valence-corrected chi connectivity index (χ1v) is 11.6. The Labute approximate surface area is 192 Å². The highest BCUT2D eigenvalue weighted by atomic mass is 32.1. The molecule has 3 aromatic rings. The summed E-state index contributed by atoms with van der Waals surface area (Å²) >= 11 is 1.70. The van der Waals surface area contributed by atoms with Gasteiger partial charge >= 0.3 is 0 Å². The van der Waals surface area contributed by atoms with Crippen molar-refractivity contribution in [3.8, 4) is 10.4 Å². The third kappa shape index (κ3) is 4.50. The van der Waals surface area contributed by atoms with E-state index in [2.05, 4.69) is 33.5 Å². The number of carbonyl (C=O) groups excluding carboxylic acids is 2. The van der Waals surface area contributed by atoms with Crippen molar-refractivity contribution in [3.05, 3.63) is 65.3 Å². The summed E-state index contributed by atoms with van der Waals surface area (Å²) in [6.07, 6.45) is 3.55. The molecule has 3 heterocycles. The first kappa shape index (κ1) is 22.0. The van der Waals surface area contributed by atoms with Crippen LogP contribution >= 0.6 is 11.3 Å². The minimum Gasteiger partial charge on any atom is -0.347 e. The van der Waals surface area contributed by atoms with E-state index in [0.717, 1.165) is 11.1 Å². The second kappa shape index (κ2) is 9.48. The number of rotatable bonds is 6. The first-order valence-electron chi connectivity index (χ1n) is 10.7. The number of anilines is 1. The third-order valence-corrected chi connectivity index (χ3v) is 6.62. The van der Waals surface area contributed by atoms with Gasteiger partial charge in [-0.05, 0) is 29.5 Å². The molecule has 0 aliphatic carbocycles. The molecule has 166 valence electrons. The molecule has 32 heavy (non-hydrogen) atoms. The number of piperazine rings is 1. The molecular formula is C24H27N5O2S. The predicted molar refractivity (Wildman–Crippen MR) is 127 cm³/mol. The van der Waals surface area contributed by atoms with Crippen molar-refractivity contribution >= 4 is 29.1 Å². The smallest absolute Gasteiger partial charge is 0.257 e. The van der Waals surface area contributed by atoms with Crippen molar-refractivity contribution in [1.82, 2.24) is 19.8 Å². The van der Waals surface area contributed by atoms with Gasteiger partial charge in [-0.25, -0.2) is 9.97 Å². The molecule has 1 unspecified atom stereocenters. The lowest BCUT2D eigenvalue weighted by molar-refractivity contribution is -0.139. The van der Waals surface area contributed by atoms with Crippen LogP contribution in [0.4, 0.5) is 5.95 Å². The van der Waals surface area contributed by atoms with Crippen LogP contribution in [-0.2, 0) is 11.2 Å². The van der Waals surface area contributed by atoms with Crippen LogP contribution in [0.5, 0.6) is 0 Å². The zero-order valence-electron chi connectivity index (χ0n) is 18.6. The summed E-state index contributed by atoms with van der Waals surface area (Å²) in [7, 11) is 3.69. The number of aromatic nitrogens is 2. The maximum absolute atomic E-state index is 13.3. The highest BCUT2D eigenvalue weighted by Crippen LogP contribution is 2.26. The Kier molecular flexibility index (Phi) is 6.50. The van der Waals surface area contributed by atoms with E-state index in [4.69, 9.17) is 0 Å². The van der Waals surface area contributed by atoms with Gasteiger partial charge in [0.05, 0.1) is 5.56 Å². The number of thiophene rings is 1. The molecule has 0 bridgehead atoms. The molecule has 0 radical (unpaired) electrons. The molecule has 1 aliphatic rings. The van der Waals surface area contributed by atoms with Crippen molar-refractivity contribution in [3.63, 3.8) is 0 Å². The Morgan fingerprint density at radius 1 is 1.12 bits per heavy atom. The molecule has 0 saturated carbocycles. The van der Waals surface area contributed by atoms with Crippen molar-refractivity contribution in [2.24, 2.45) is 0 Å². The molecule has 1 aromatic carbocycles. The predicted octanol–water partition coefficient (Wildman–Crippen LogP) is 3.19. The molecular weight excluding hydrogens is 422 g/mol. The minimum absolute atomic E-state index is 0.0136. The topological polar surface area (TPSA) is 69.6 Å². The summed E-state index contributed by atoms with van der Waals surface area (Å²) in [5.41, 5.74) is 2.57. The van der Waals surface area contributed by atoms with Crippen LogP contribution in [0.15, 0.2) is 54.2 Å². The van der Waals surface area contributed by atoms with Crippen molar-refractivity contribution in [2.75, 3.05) is 38.6 Å². The summed E-state index contributed by atoms with van der Waals surface area (Å²) in [6.45, 7) is 3.63. The fourth-order valence-corrected chi connectivity index (χ4v) is 4.63. The Bertz CT molecular complexity index is 1060. The molecule has 4 rings (SSSR count). The Balaban J connectivity index is 1.57. The second-order valence-electron chi connectivity index (χ2n) is 7.98. The van der Waals surface area contributed by atoms with Gasteiger partial charge in [0.25, 0.3) is 5.91 Å². The van der Waals surface area contributed by atoms with Gasteiger partial charge in [0.2, 0.25) is 11.9 Å². The van der Waals surface area contributed by atoms with E-state index in [1.807, 2.05) is 44.1 Å². The van der Waals surface area contributed by atoms with E-state index in [1.54, 1.807) is 21.1 Å². The Morgan fingerprint density at radius 2 is 1.84 bits per heavy atom. The maximum Gasteiger partial charge on any atom is 0.257 e. The van der Waals surface area contributed by atoms with Crippen molar-refractivity contribution in [2.45, 2.75) is 19.4 Å². The lowest BCUT2D eigenvalue weighted by Gasteiger charge is -2.40. The SMILES string of the molecule is CCN1CCN(C(=O)c2cnc(N(C)C)nc2)C(Cc2ccc(-c3cccs3)cc2)C1=O. The van der Waals surface area contributed by atoms with Crippen molar-refractivity contribution in [1.29, 1.82) is 0 Å².